The number of oxazole rings is 1. The molecule has 0 saturated carbocycles. The first kappa shape index (κ1) is 37.2. The Morgan fingerprint density at radius 1 is 1.02 bits per heavy atom. The standard InChI is InChI=1S/C42H38ClF3N4O4/c1-25-27(11-12-28-20-37(53-2)31(19-35(28)42(44,45)46)24-49-14-3-4-15-49)7-5-8-32(25)33-9-6-10-34(38(33)43)40-48-36-18-26(17-30(21-47)39(36)54-40)22-50-16-13-29(23-50)41(51)52/h5-12,17-20,29H,3-4,13-16,22-24H2,1-2H3,(H,51,52)/b12-11+/t29-/m1/s1. The molecule has 0 bridgehead atoms. The minimum atomic E-state index is -4.56. The van der Waals surface area contributed by atoms with Crippen LogP contribution in [-0.2, 0) is 24.1 Å². The fraction of sp³-hybridized carbons (Fsp3) is 0.310. The van der Waals surface area contributed by atoms with Gasteiger partial charge in [0.25, 0.3) is 0 Å². The highest BCUT2D eigenvalue weighted by molar-refractivity contribution is 6.36. The van der Waals surface area contributed by atoms with Crippen LogP contribution in [0.15, 0.2) is 65.1 Å². The molecule has 54 heavy (non-hydrogen) atoms. The van der Waals surface area contributed by atoms with Crippen LogP contribution in [0.3, 0.4) is 0 Å². The van der Waals surface area contributed by atoms with E-state index in [1.165, 1.54) is 25.3 Å². The second-order valence-electron chi connectivity index (χ2n) is 13.9. The Morgan fingerprint density at radius 3 is 2.44 bits per heavy atom. The lowest BCUT2D eigenvalue weighted by atomic mass is 9.94. The molecule has 2 aliphatic heterocycles. The van der Waals surface area contributed by atoms with Crippen LogP contribution in [0.25, 0.3) is 45.8 Å². The molecule has 2 aliphatic rings. The molecule has 1 atom stereocenters. The van der Waals surface area contributed by atoms with Gasteiger partial charge in [0.15, 0.2) is 5.58 Å². The minimum absolute atomic E-state index is 0.00935. The molecule has 1 N–H and O–H groups in total. The molecule has 0 radical (unpaired) electrons. The van der Waals surface area contributed by atoms with Crippen LogP contribution in [0, 0.1) is 24.2 Å². The number of fused-ring (bicyclic) bond motifs is 1. The van der Waals surface area contributed by atoms with Crippen molar-refractivity contribution in [3.63, 3.8) is 0 Å². The largest absolute Gasteiger partial charge is 0.496 e. The van der Waals surface area contributed by atoms with Gasteiger partial charge in [-0.05, 0) is 104 Å². The third-order valence-electron chi connectivity index (χ3n) is 10.4. The van der Waals surface area contributed by atoms with Gasteiger partial charge >= 0.3 is 12.1 Å². The number of carboxylic acids is 1. The lowest BCUT2D eigenvalue weighted by molar-refractivity contribution is -0.141. The Labute approximate surface area is 316 Å². The van der Waals surface area contributed by atoms with Gasteiger partial charge in [0.2, 0.25) is 5.89 Å². The SMILES string of the molecule is COc1cc(/C=C/c2cccc(-c3cccc(-c4nc5cc(CN6CC[C@@H](C(=O)O)C6)cc(C#N)c5o4)c3Cl)c2C)c(C(F)(F)F)cc1CN1CCCC1. The molecule has 1 aromatic heterocycles. The van der Waals surface area contributed by atoms with Gasteiger partial charge in [-0.2, -0.15) is 18.4 Å². The summed E-state index contributed by atoms with van der Waals surface area (Å²) in [6.07, 6.45) is 1.23. The quantitative estimate of drug-likeness (QED) is 0.141. The first-order chi connectivity index (χ1) is 25.9. The molecular weight excluding hydrogens is 717 g/mol. The van der Waals surface area contributed by atoms with Crippen molar-refractivity contribution in [3.8, 4) is 34.4 Å². The molecular formula is C42H38ClF3N4O4. The summed E-state index contributed by atoms with van der Waals surface area (Å²) in [5.41, 5.74) is 5.23. The number of hydrogen-bond donors (Lipinski definition) is 1. The highest BCUT2D eigenvalue weighted by Gasteiger charge is 2.34. The van der Waals surface area contributed by atoms with Crippen LogP contribution in [-0.4, -0.2) is 59.1 Å². The fourth-order valence-electron chi connectivity index (χ4n) is 7.55. The Kier molecular flexibility index (Phi) is 10.5. The molecule has 8 nitrogen and oxygen atoms in total. The zero-order valence-electron chi connectivity index (χ0n) is 29.8. The molecule has 278 valence electrons. The van der Waals surface area contributed by atoms with Gasteiger partial charge in [0, 0.05) is 30.8 Å². The van der Waals surface area contributed by atoms with Crippen LogP contribution in [0.1, 0.15) is 58.2 Å². The van der Waals surface area contributed by atoms with E-state index in [1.807, 2.05) is 48.2 Å². The van der Waals surface area contributed by atoms with Crippen LogP contribution < -0.4 is 4.74 Å². The maximum atomic E-state index is 14.4. The smallest absolute Gasteiger partial charge is 0.417 e. The molecule has 4 aromatic carbocycles. The first-order valence-electron chi connectivity index (χ1n) is 17.8. The van der Waals surface area contributed by atoms with Crippen molar-refractivity contribution in [1.82, 2.24) is 14.8 Å². The van der Waals surface area contributed by atoms with Gasteiger partial charge in [-0.1, -0.05) is 54.1 Å². The average molecular weight is 755 g/mol. The highest BCUT2D eigenvalue weighted by atomic mass is 35.5. The van der Waals surface area contributed by atoms with Crippen LogP contribution >= 0.6 is 11.6 Å². The maximum Gasteiger partial charge on any atom is 0.417 e. The Morgan fingerprint density at radius 2 is 1.74 bits per heavy atom. The number of alkyl halides is 3. The number of carboxylic acid groups (broad SMARTS) is 1. The molecule has 2 fully saturated rings. The Balaban J connectivity index is 1.19. The van der Waals surface area contributed by atoms with E-state index in [2.05, 4.69) is 11.0 Å². The average Bonchev–Trinajstić information content (AvgIpc) is 3.93. The summed E-state index contributed by atoms with van der Waals surface area (Å²) >= 11 is 7.06. The second-order valence-corrected chi connectivity index (χ2v) is 14.3. The second kappa shape index (κ2) is 15.3. The van der Waals surface area contributed by atoms with Crippen LogP contribution in [0.2, 0.25) is 5.02 Å². The van der Waals surface area contributed by atoms with Gasteiger partial charge in [0.1, 0.15) is 17.3 Å². The molecule has 0 unspecified atom stereocenters. The number of benzene rings is 4. The van der Waals surface area contributed by atoms with Gasteiger partial charge in [0.05, 0.1) is 34.7 Å². The number of hydrogen-bond acceptors (Lipinski definition) is 7. The molecule has 3 heterocycles. The molecule has 12 heteroatoms. The van der Waals surface area contributed by atoms with E-state index in [4.69, 9.17) is 25.7 Å². The summed E-state index contributed by atoms with van der Waals surface area (Å²) in [4.78, 5) is 20.3. The number of methoxy groups -OCH3 is 1. The number of nitriles is 1. The van der Waals surface area contributed by atoms with Crippen molar-refractivity contribution in [2.45, 2.75) is 45.5 Å². The van der Waals surface area contributed by atoms with E-state index >= 15 is 0 Å². The van der Waals surface area contributed by atoms with Crippen molar-refractivity contribution in [3.05, 3.63) is 105 Å². The van der Waals surface area contributed by atoms with E-state index in [1.54, 1.807) is 18.2 Å². The summed E-state index contributed by atoms with van der Waals surface area (Å²) in [7, 11) is 1.48. The third kappa shape index (κ3) is 7.60. The number of ether oxygens (including phenoxy) is 1. The van der Waals surface area contributed by atoms with E-state index in [9.17, 15) is 28.3 Å². The zero-order chi connectivity index (χ0) is 38.1. The summed E-state index contributed by atoms with van der Waals surface area (Å²) in [6, 6.07) is 19.5. The van der Waals surface area contributed by atoms with E-state index in [0.29, 0.717) is 82.3 Å². The summed E-state index contributed by atoms with van der Waals surface area (Å²) in [5, 5.41) is 19.7. The Bertz CT molecular complexity index is 2310. The molecule has 7 rings (SSSR count). The van der Waals surface area contributed by atoms with Crippen molar-refractivity contribution >= 4 is 40.8 Å². The molecule has 0 amide bonds. The fourth-order valence-corrected chi connectivity index (χ4v) is 7.85. The van der Waals surface area contributed by atoms with Gasteiger partial charge in [-0.3, -0.25) is 14.6 Å². The summed E-state index contributed by atoms with van der Waals surface area (Å²) < 4.78 is 54.9. The topological polar surface area (TPSA) is 103 Å². The first-order valence-corrected chi connectivity index (χ1v) is 18.2. The maximum absolute atomic E-state index is 14.4. The van der Waals surface area contributed by atoms with Crippen molar-refractivity contribution in [2.24, 2.45) is 5.92 Å². The zero-order valence-corrected chi connectivity index (χ0v) is 30.6. The normalized spacial score (nSPS) is 16.8. The monoisotopic (exact) mass is 754 g/mol. The Hall–Kier alpha value is -5.15. The number of nitrogens with zero attached hydrogens (tertiary/aromatic N) is 4. The van der Waals surface area contributed by atoms with Gasteiger partial charge in [-0.25, -0.2) is 4.98 Å². The third-order valence-corrected chi connectivity index (χ3v) is 10.8. The van der Waals surface area contributed by atoms with Crippen molar-refractivity contribution in [1.29, 1.82) is 5.26 Å². The number of likely N-dealkylation sites (tertiary alicyclic amines) is 2. The predicted octanol–water partition coefficient (Wildman–Crippen LogP) is 9.70. The van der Waals surface area contributed by atoms with Gasteiger partial charge in [-0.15, -0.1) is 0 Å². The molecule has 0 spiro atoms. The molecule has 0 aliphatic carbocycles. The molecule has 5 aromatic rings. The van der Waals surface area contributed by atoms with E-state index in [-0.39, 0.29) is 11.5 Å². The van der Waals surface area contributed by atoms with Crippen LogP contribution in [0.4, 0.5) is 13.2 Å². The number of rotatable bonds is 10. The number of aromatic nitrogens is 1. The minimum Gasteiger partial charge on any atom is -0.496 e. The molecule has 2 saturated heterocycles. The summed E-state index contributed by atoms with van der Waals surface area (Å²) in [5.74, 6) is -0.571. The number of carbonyl (C=O) groups is 1. The lowest BCUT2D eigenvalue weighted by Gasteiger charge is -2.20. The lowest BCUT2D eigenvalue weighted by Crippen LogP contribution is -2.22. The number of aliphatic carboxylic acids is 1. The van der Waals surface area contributed by atoms with Crippen molar-refractivity contribution in [2.75, 3.05) is 33.3 Å². The van der Waals surface area contributed by atoms with Crippen LogP contribution in [0.5, 0.6) is 5.75 Å². The van der Waals surface area contributed by atoms with Crippen molar-refractivity contribution < 1.29 is 32.2 Å². The highest BCUT2D eigenvalue weighted by Crippen LogP contribution is 2.41. The number of halogens is 4. The predicted molar refractivity (Wildman–Crippen MR) is 202 cm³/mol. The van der Waals surface area contributed by atoms with E-state index < -0.39 is 23.6 Å². The summed E-state index contributed by atoms with van der Waals surface area (Å²) in [6.45, 7) is 5.56. The van der Waals surface area contributed by atoms with E-state index in [0.717, 1.165) is 42.6 Å². The van der Waals surface area contributed by atoms with Gasteiger partial charge < -0.3 is 14.3 Å².